The molecule has 1 amide bonds. The molecule has 0 spiro atoms. The fraction of sp³-hybridized carbons (Fsp3) is 0.412. The van der Waals surface area contributed by atoms with Crippen LogP contribution < -0.4 is 5.32 Å². The number of hydrogen-bond acceptors (Lipinski definition) is 6. The molecule has 7 nitrogen and oxygen atoms in total. The zero-order valence-electron chi connectivity index (χ0n) is 24.3. The van der Waals surface area contributed by atoms with Crippen molar-refractivity contribution in [1.29, 1.82) is 0 Å². The summed E-state index contributed by atoms with van der Waals surface area (Å²) in [6.07, 6.45) is 1.95. The first-order valence-corrected chi connectivity index (χ1v) is 14.7. The highest BCUT2D eigenvalue weighted by atomic mass is 16.5. The van der Waals surface area contributed by atoms with Crippen LogP contribution in [0.5, 0.6) is 5.75 Å². The van der Waals surface area contributed by atoms with Crippen LogP contribution in [0.2, 0.25) is 0 Å². The number of phenolic OH excluding ortho intramolecular Hbond substituents is 1. The van der Waals surface area contributed by atoms with Crippen LogP contribution in [-0.2, 0) is 22.5 Å². The number of carbonyl (C=O) groups excluding carboxylic acids is 2. The van der Waals surface area contributed by atoms with E-state index < -0.39 is 0 Å². The fourth-order valence-corrected chi connectivity index (χ4v) is 5.47. The van der Waals surface area contributed by atoms with Crippen molar-refractivity contribution in [3.63, 3.8) is 0 Å². The third-order valence-corrected chi connectivity index (χ3v) is 7.60. The summed E-state index contributed by atoms with van der Waals surface area (Å²) in [5, 5.41) is 13.1. The van der Waals surface area contributed by atoms with Gasteiger partial charge in [-0.3, -0.25) is 14.5 Å². The minimum atomic E-state index is -0.155. The first kappa shape index (κ1) is 30.3. The quantitative estimate of drug-likeness (QED) is 0.403. The van der Waals surface area contributed by atoms with Gasteiger partial charge in [0.05, 0.1) is 12.5 Å². The maximum atomic E-state index is 12.8. The van der Waals surface area contributed by atoms with E-state index in [9.17, 15) is 14.7 Å². The monoisotopic (exact) mass is 557 g/mol. The summed E-state index contributed by atoms with van der Waals surface area (Å²) in [5.41, 5.74) is 4.09. The van der Waals surface area contributed by atoms with Gasteiger partial charge in [-0.25, -0.2) is 0 Å². The summed E-state index contributed by atoms with van der Waals surface area (Å²) < 4.78 is 5.08. The molecule has 41 heavy (non-hydrogen) atoms. The molecular formula is C34H43N3O4. The maximum Gasteiger partial charge on any atom is 0.309 e. The van der Waals surface area contributed by atoms with Crippen LogP contribution >= 0.6 is 0 Å². The topological polar surface area (TPSA) is 82.1 Å². The Labute approximate surface area is 244 Å². The summed E-state index contributed by atoms with van der Waals surface area (Å²) in [4.78, 5) is 29.0. The van der Waals surface area contributed by atoms with Crippen molar-refractivity contribution in [3.8, 4) is 5.75 Å². The molecule has 0 radical (unpaired) electrons. The van der Waals surface area contributed by atoms with Gasteiger partial charge in [0.2, 0.25) is 0 Å². The number of esters is 1. The summed E-state index contributed by atoms with van der Waals surface area (Å²) in [6.45, 7) is 10.1. The van der Waals surface area contributed by atoms with Gasteiger partial charge in [-0.2, -0.15) is 0 Å². The lowest BCUT2D eigenvalue weighted by molar-refractivity contribution is -0.149. The van der Waals surface area contributed by atoms with Crippen molar-refractivity contribution in [3.05, 3.63) is 101 Å². The van der Waals surface area contributed by atoms with Crippen LogP contribution in [0.3, 0.4) is 0 Å². The number of likely N-dealkylation sites (tertiary alicyclic amines) is 1. The second-order valence-corrected chi connectivity index (χ2v) is 10.9. The van der Waals surface area contributed by atoms with Gasteiger partial charge < -0.3 is 20.1 Å². The predicted octanol–water partition coefficient (Wildman–Crippen LogP) is 4.88. The van der Waals surface area contributed by atoms with Crippen molar-refractivity contribution in [2.75, 3.05) is 39.3 Å². The highest BCUT2D eigenvalue weighted by Crippen LogP contribution is 2.22. The standard InChI is InChI=1S/C22H25NO4.C12H18N2/c1-2-27-22(26)18-9-11-23(12-10-18)21(25)19-7-3-5-16(14-19)13-17-6-4-8-20(24)15-17;1-11-9-14(8-7-13-11)10-12-5-3-2-4-6-12/h3-8,14-15,18,24H,2,9-13H2,1H3;2-6,11,13H,7-10H2,1H3. The zero-order valence-corrected chi connectivity index (χ0v) is 24.3. The molecule has 1 unspecified atom stereocenters. The number of aromatic hydroxyl groups is 1. The first-order chi connectivity index (χ1) is 19.9. The summed E-state index contributed by atoms with van der Waals surface area (Å²) in [5.74, 6) is -0.0249. The molecule has 2 aliphatic rings. The van der Waals surface area contributed by atoms with E-state index >= 15 is 0 Å². The predicted molar refractivity (Wildman–Crippen MR) is 162 cm³/mol. The molecule has 7 heteroatoms. The Bertz CT molecular complexity index is 1260. The normalized spacial score (nSPS) is 17.8. The van der Waals surface area contributed by atoms with Crippen molar-refractivity contribution >= 4 is 11.9 Å². The lowest BCUT2D eigenvalue weighted by Gasteiger charge is -2.31. The molecule has 3 aromatic carbocycles. The number of phenols is 1. The van der Waals surface area contributed by atoms with E-state index in [1.54, 1.807) is 19.1 Å². The molecule has 0 bridgehead atoms. The van der Waals surface area contributed by atoms with Gasteiger partial charge >= 0.3 is 5.97 Å². The van der Waals surface area contributed by atoms with Crippen LogP contribution in [0.15, 0.2) is 78.9 Å². The third-order valence-electron chi connectivity index (χ3n) is 7.60. The van der Waals surface area contributed by atoms with Gasteiger partial charge in [-0.1, -0.05) is 54.6 Å². The molecule has 2 aliphatic heterocycles. The number of ether oxygens (including phenoxy) is 1. The number of amides is 1. The van der Waals surface area contributed by atoms with Crippen LogP contribution in [0.25, 0.3) is 0 Å². The Morgan fingerprint density at radius 2 is 1.59 bits per heavy atom. The number of hydrogen-bond donors (Lipinski definition) is 2. The van der Waals surface area contributed by atoms with Gasteiger partial charge in [0.1, 0.15) is 5.75 Å². The van der Waals surface area contributed by atoms with Crippen LogP contribution in [0.4, 0.5) is 0 Å². The van der Waals surface area contributed by atoms with Gasteiger partial charge in [0.15, 0.2) is 0 Å². The van der Waals surface area contributed by atoms with Crippen molar-refractivity contribution in [1.82, 2.24) is 15.1 Å². The Kier molecular flexibility index (Phi) is 11.3. The average molecular weight is 558 g/mol. The SMILES string of the molecule is CC1CN(Cc2ccccc2)CCN1.CCOC(=O)C1CCN(C(=O)c2cccc(Cc3cccc(O)c3)c2)CC1. The molecule has 3 aromatic rings. The van der Waals surface area contributed by atoms with E-state index in [4.69, 9.17) is 4.74 Å². The lowest BCUT2D eigenvalue weighted by Crippen LogP contribution is -2.48. The van der Waals surface area contributed by atoms with E-state index in [1.807, 2.05) is 41.3 Å². The number of nitrogens with one attached hydrogen (secondary N) is 1. The second-order valence-electron chi connectivity index (χ2n) is 10.9. The molecule has 2 fully saturated rings. The minimum absolute atomic E-state index is 0.00457. The van der Waals surface area contributed by atoms with Gasteiger partial charge in [-0.05, 0) is 74.1 Å². The lowest BCUT2D eigenvalue weighted by atomic mass is 9.96. The minimum Gasteiger partial charge on any atom is -0.508 e. The molecule has 2 saturated heterocycles. The maximum absolute atomic E-state index is 12.8. The largest absolute Gasteiger partial charge is 0.508 e. The molecule has 0 aromatic heterocycles. The molecule has 1 atom stereocenters. The molecule has 218 valence electrons. The van der Waals surface area contributed by atoms with E-state index in [0.29, 0.717) is 50.6 Å². The van der Waals surface area contributed by atoms with Crippen molar-refractivity contribution in [2.45, 2.75) is 45.7 Å². The van der Waals surface area contributed by atoms with Crippen LogP contribution in [-0.4, -0.2) is 72.2 Å². The summed E-state index contributed by atoms with van der Waals surface area (Å²) in [6, 6.07) is 26.1. The van der Waals surface area contributed by atoms with Gasteiger partial charge in [-0.15, -0.1) is 0 Å². The summed E-state index contributed by atoms with van der Waals surface area (Å²) in [7, 11) is 0. The second kappa shape index (κ2) is 15.4. The van der Waals surface area contributed by atoms with Crippen molar-refractivity contribution < 1.29 is 19.4 Å². The van der Waals surface area contributed by atoms with Gasteiger partial charge in [0, 0.05) is 50.9 Å². The van der Waals surface area contributed by atoms with E-state index in [2.05, 4.69) is 47.5 Å². The summed E-state index contributed by atoms with van der Waals surface area (Å²) >= 11 is 0. The molecule has 2 heterocycles. The molecular weight excluding hydrogens is 514 g/mol. The van der Waals surface area contributed by atoms with Crippen LogP contribution in [0, 0.1) is 5.92 Å². The van der Waals surface area contributed by atoms with E-state index in [1.165, 1.54) is 12.1 Å². The number of carbonyl (C=O) groups is 2. The molecule has 2 N–H and O–H groups in total. The van der Waals surface area contributed by atoms with E-state index in [0.717, 1.165) is 30.8 Å². The number of nitrogens with zero attached hydrogens (tertiary/aromatic N) is 2. The molecule has 0 saturated carbocycles. The number of piperidine rings is 1. The highest BCUT2D eigenvalue weighted by molar-refractivity contribution is 5.94. The number of benzene rings is 3. The number of rotatable bonds is 7. The van der Waals surface area contributed by atoms with Crippen LogP contribution in [0.1, 0.15) is 53.7 Å². The first-order valence-electron chi connectivity index (χ1n) is 14.7. The van der Waals surface area contributed by atoms with Crippen molar-refractivity contribution in [2.24, 2.45) is 5.92 Å². The van der Waals surface area contributed by atoms with E-state index in [-0.39, 0.29) is 23.5 Å². The average Bonchev–Trinajstić information content (AvgIpc) is 2.98. The fourth-order valence-electron chi connectivity index (χ4n) is 5.47. The Morgan fingerprint density at radius 1 is 0.902 bits per heavy atom. The Morgan fingerprint density at radius 3 is 2.27 bits per heavy atom. The Hall–Kier alpha value is -3.68. The third kappa shape index (κ3) is 9.44. The zero-order chi connectivity index (χ0) is 29.0. The molecule has 5 rings (SSSR count). The number of piperazine rings is 1. The van der Waals surface area contributed by atoms with Gasteiger partial charge in [0.25, 0.3) is 5.91 Å². The molecule has 0 aliphatic carbocycles. The Balaban J connectivity index is 0.000000231. The smallest absolute Gasteiger partial charge is 0.309 e. The highest BCUT2D eigenvalue weighted by Gasteiger charge is 2.28.